The third-order valence-electron chi connectivity index (χ3n) is 4.86. The van der Waals surface area contributed by atoms with Crippen molar-refractivity contribution >= 4 is 46.0 Å². The number of nitrogens with zero attached hydrogens (tertiary/aromatic N) is 1. The maximum Gasteiger partial charge on any atom is 0.270 e. The van der Waals surface area contributed by atoms with Gasteiger partial charge in [0, 0.05) is 0 Å². The molecule has 1 heterocycles. The molecule has 6 heteroatoms. The van der Waals surface area contributed by atoms with Crippen LogP contribution in [0.5, 0.6) is 11.5 Å². The number of carbonyl (C=O) groups excluding carboxylic acids is 1. The van der Waals surface area contributed by atoms with E-state index in [9.17, 15) is 4.79 Å². The Morgan fingerprint density at radius 2 is 1.83 bits per heavy atom. The van der Waals surface area contributed by atoms with Crippen molar-refractivity contribution in [1.82, 2.24) is 0 Å². The van der Waals surface area contributed by atoms with Crippen LogP contribution in [0.4, 0.5) is 5.69 Å². The molecule has 30 heavy (non-hydrogen) atoms. The Hall–Kier alpha value is -2.31. The van der Waals surface area contributed by atoms with E-state index < -0.39 is 0 Å². The minimum atomic E-state index is -0.102. The van der Waals surface area contributed by atoms with Gasteiger partial charge in [-0.05, 0) is 74.2 Å². The van der Waals surface area contributed by atoms with Crippen LogP contribution in [-0.4, -0.2) is 23.4 Å². The Balaban J connectivity index is 1.85. The quantitative estimate of drug-likeness (QED) is 0.274. The number of aryl methyl sites for hydroxylation is 2. The first-order valence-corrected chi connectivity index (χ1v) is 11.4. The van der Waals surface area contributed by atoms with Gasteiger partial charge < -0.3 is 9.47 Å². The van der Waals surface area contributed by atoms with Crippen LogP contribution in [0.25, 0.3) is 6.08 Å². The molecule has 4 nitrogen and oxygen atoms in total. The monoisotopic (exact) mass is 441 g/mol. The molecule has 3 rings (SSSR count). The Labute approximate surface area is 188 Å². The molecule has 2 aromatic rings. The average molecular weight is 442 g/mol. The average Bonchev–Trinajstić information content (AvgIpc) is 2.99. The van der Waals surface area contributed by atoms with E-state index in [4.69, 9.17) is 21.7 Å². The van der Waals surface area contributed by atoms with Gasteiger partial charge in [0.15, 0.2) is 15.8 Å². The van der Waals surface area contributed by atoms with Crippen LogP contribution >= 0.6 is 24.0 Å². The van der Waals surface area contributed by atoms with Gasteiger partial charge in [0.05, 0.1) is 23.8 Å². The van der Waals surface area contributed by atoms with E-state index in [2.05, 4.69) is 13.8 Å². The molecule has 1 amide bonds. The second kappa shape index (κ2) is 10.1. The largest absolute Gasteiger partial charge is 0.490 e. The predicted molar refractivity (Wildman–Crippen MR) is 130 cm³/mol. The molecule has 0 aliphatic carbocycles. The Kier molecular flexibility index (Phi) is 7.56. The minimum absolute atomic E-state index is 0.102. The van der Waals surface area contributed by atoms with Gasteiger partial charge >= 0.3 is 0 Å². The topological polar surface area (TPSA) is 38.8 Å². The van der Waals surface area contributed by atoms with Gasteiger partial charge in [-0.3, -0.25) is 9.69 Å². The summed E-state index contributed by atoms with van der Waals surface area (Å²) < 4.78 is 12.1. The molecule has 0 saturated carbocycles. The van der Waals surface area contributed by atoms with E-state index in [1.807, 2.05) is 56.3 Å². The van der Waals surface area contributed by atoms with Crippen molar-refractivity contribution in [2.45, 2.75) is 40.5 Å². The molecule has 0 unspecified atom stereocenters. The predicted octanol–water partition coefficient (Wildman–Crippen LogP) is 6.29. The molecule has 2 aromatic carbocycles. The van der Waals surface area contributed by atoms with Gasteiger partial charge in [0.25, 0.3) is 5.91 Å². The van der Waals surface area contributed by atoms with Crippen LogP contribution in [0, 0.1) is 13.8 Å². The first-order chi connectivity index (χ1) is 14.4. The number of amides is 1. The van der Waals surface area contributed by atoms with Crippen LogP contribution in [0.1, 0.15) is 43.4 Å². The summed E-state index contributed by atoms with van der Waals surface area (Å²) in [5, 5.41) is 0. The van der Waals surface area contributed by atoms with E-state index in [-0.39, 0.29) is 5.91 Å². The molecule has 0 bridgehead atoms. The van der Waals surface area contributed by atoms with E-state index in [1.54, 1.807) is 4.90 Å². The zero-order valence-corrected chi connectivity index (χ0v) is 19.5. The molecule has 0 aromatic heterocycles. The van der Waals surface area contributed by atoms with Crippen molar-refractivity contribution < 1.29 is 14.3 Å². The fraction of sp³-hybridized carbons (Fsp3) is 0.333. The van der Waals surface area contributed by atoms with E-state index in [1.165, 1.54) is 17.3 Å². The third-order valence-corrected chi connectivity index (χ3v) is 6.17. The standard InChI is InChI=1S/C24H27NO3S2/c1-5-7-12-28-20-11-9-18(14-21(20)27-6-2)15-22-23(26)25(24(29)30-22)19-10-8-16(3)17(4)13-19/h8-11,13-15H,5-7,12H2,1-4H3/b22-15-. The molecule has 0 N–H and O–H groups in total. The molecular weight excluding hydrogens is 414 g/mol. The van der Waals surface area contributed by atoms with Crippen molar-refractivity contribution in [1.29, 1.82) is 0 Å². The number of ether oxygens (including phenoxy) is 2. The highest BCUT2D eigenvalue weighted by atomic mass is 32.2. The van der Waals surface area contributed by atoms with Gasteiger partial charge in [-0.15, -0.1) is 0 Å². The molecule has 0 radical (unpaired) electrons. The first-order valence-electron chi connectivity index (χ1n) is 10.2. The number of carbonyl (C=O) groups is 1. The minimum Gasteiger partial charge on any atom is -0.490 e. The lowest BCUT2D eigenvalue weighted by molar-refractivity contribution is -0.113. The Morgan fingerprint density at radius 1 is 1.03 bits per heavy atom. The third kappa shape index (κ3) is 5.05. The van der Waals surface area contributed by atoms with E-state index in [0.717, 1.165) is 35.4 Å². The highest BCUT2D eigenvalue weighted by Crippen LogP contribution is 2.37. The number of benzene rings is 2. The van der Waals surface area contributed by atoms with Crippen LogP contribution in [0.2, 0.25) is 0 Å². The summed E-state index contributed by atoms with van der Waals surface area (Å²) in [5.74, 6) is 1.31. The second-order valence-corrected chi connectivity index (χ2v) is 8.80. The fourth-order valence-electron chi connectivity index (χ4n) is 3.03. The maximum absolute atomic E-state index is 13.1. The molecular formula is C24H27NO3S2. The number of thioether (sulfide) groups is 1. The Bertz CT molecular complexity index is 984. The van der Waals surface area contributed by atoms with Crippen molar-refractivity contribution in [2.75, 3.05) is 18.1 Å². The summed E-state index contributed by atoms with van der Waals surface area (Å²) >= 11 is 6.82. The summed E-state index contributed by atoms with van der Waals surface area (Å²) in [4.78, 5) is 15.3. The van der Waals surface area contributed by atoms with Gasteiger partial charge in [-0.25, -0.2) is 0 Å². The molecule has 1 aliphatic heterocycles. The summed E-state index contributed by atoms with van der Waals surface area (Å²) in [7, 11) is 0. The van der Waals surface area contributed by atoms with Crippen molar-refractivity contribution in [3.8, 4) is 11.5 Å². The number of hydrogen-bond donors (Lipinski definition) is 0. The SMILES string of the molecule is CCCCOc1ccc(/C=C2\SC(=S)N(c3ccc(C)c(C)c3)C2=O)cc1OCC. The van der Waals surface area contributed by atoms with Gasteiger partial charge in [0.1, 0.15) is 0 Å². The summed E-state index contributed by atoms with van der Waals surface area (Å²) in [6.07, 6.45) is 3.93. The zero-order chi connectivity index (χ0) is 21.7. The van der Waals surface area contributed by atoms with E-state index >= 15 is 0 Å². The van der Waals surface area contributed by atoms with Crippen LogP contribution in [-0.2, 0) is 4.79 Å². The zero-order valence-electron chi connectivity index (χ0n) is 17.9. The lowest BCUT2D eigenvalue weighted by atomic mass is 10.1. The molecule has 0 atom stereocenters. The van der Waals surface area contributed by atoms with Crippen molar-refractivity contribution in [3.05, 3.63) is 58.0 Å². The Morgan fingerprint density at radius 3 is 2.53 bits per heavy atom. The highest BCUT2D eigenvalue weighted by Gasteiger charge is 2.33. The van der Waals surface area contributed by atoms with Gasteiger partial charge in [0.2, 0.25) is 0 Å². The second-order valence-electron chi connectivity index (χ2n) is 7.13. The molecule has 0 spiro atoms. The lowest BCUT2D eigenvalue weighted by Crippen LogP contribution is -2.27. The maximum atomic E-state index is 13.1. The number of hydrogen-bond acceptors (Lipinski definition) is 5. The normalized spacial score (nSPS) is 15.2. The highest BCUT2D eigenvalue weighted by molar-refractivity contribution is 8.27. The number of thiocarbonyl (C=S) groups is 1. The number of anilines is 1. The summed E-state index contributed by atoms with van der Waals surface area (Å²) in [6.45, 7) is 9.36. The van der Waals surface area contributed by atoms with Crippen LogP contribution < -0.4 is 14.4 Å². The van der Waals surface area contributed by atoms with Crippen molar-refractivity contribution in [2.24, 2.45) is 0 Å². The van der Waals surface area contributed by atoms with E-state index in [0.29, 0.717) is 28.2 Å². The first kappa shape index (κ1) is 22.4. The van der Waals surface area contributed by atoms with Crippen molar-refractivity contribution in [3.63, 3.8) is 0 Å². The molecule has 1 aliphatic rings. The lowest BCUT2D eigenvalue weighted by Gasteiger charge is -2.16. The summed E-state index contributed by atoms with van der Waals surface area (Å²) in [6, 6.07) is 11.7. The van der Waals surface area contributed by atoms with Gasteiger partial charge in [-0.2, -0.15) is 0 Å². The molecule has 158 valence electrons. The summed E-state index contributed by atoms with van der Waals surface area (Å²) in [5.41, 5.74) is 4.00. The molecule has 1 fully saturated rings. The van der Waals surface area contributed by atoms with Crippen LogP contribution in [0.15, 0.2) is 41.3 Å². The fourth-order valence-corrected chi connectivity index (χ4v) is 4.33. The number of rotatable bonds is 8. The molecule has 1 saturated heterocycles. The number of unbranched alkanes of at least 4 members (excludes halogenated alkanes) is 1. The smallest absolute Gasteiger partial charge is 0.270 e. The van der Waals surface area contributed by atoms with Gasteiger partial charge in [-0.1, -0.05) is 49.5 Å². The van der Waals surface area contributed by atoms with Crippen LogP contribution in [0.3, 0.4) is 0 Å².